The maximum Gasteiger partial charge on any atom is 0.422 e. The summed E-state index contributed by atoms with van der Waals surface area (Å²) >= 11 is 0. The van der Waals surface area contributed by atoms with E-state index in [4.69, 9.17) is 0 Å². The monoisotopic (exact) mass is 465 g/mol. The van der Waals surface area contributed by atoms with Gasteiger partial charge in [-0.15, -0.1) is 0 Å². The minimum absolute atomic E-state index is 0.151. The van der Waals surface area contributed by atoms with Crippen molar-refractivity contribution in [2.75, 3.05) is 32.8 Å². The van der Waals surface area contributed by atoms with Crippen LogP contribution in [0.15, 0.2) is 41.4 Å². The number of benzene rings is 1. The largest absolute Gasteiger partial charge is 0.467 e. The number of sulfonamides is 1. The van der Waals surface area contributed by atoms with Crippen molar-refractivity contribution in [2.45, 2.75) is 11.1 Å². The lowest BCUT2D eigenvalue weighted by molar-refractivity contribution is -0.154. The van der Waals surface area contributed by atoms with E-state index in [-0.39, 0.29) is 31.7 Å². The molecule has 0 radical (unpaired) electrons. The van der Waals surface area contributed by atoms with Gasteiger partial charge in [0.1, 0.15) is 17.2 Å². The van der Waals surface area contributed by atoms with E-state index in [0.717, 1.165) is 28.7 Å². The molecule has 2 heterocycles. The van der Waals surface area contributed by atoms with Crippen LogP contribution < -0.4 is 4.74 Å². The highest BCUT2D eigenvalue weighted by molar-refractivity contribution is 7.89. The first kappa shape index (κ1) is 22.9. The van der Waals surface area contributed by atoms with Gasteiger partial charge in [-0.1, -0.05) is 6.07 Å². The molecule has 31 heavy (non-hydrogen) atoms. The molecule has 0 aliphatic carbocycles. The molecule has 1 aliphatic rings. The van der Waals surface area contributed by atoms with E-state index in [1.165, 1.54) is 17.0 Å². The summed E-state index contributed by atoms with van der Waals surface area (Å²) in [5.74, 6) is -3.69. The van der Waals surface area contributed by atoms with Crippen molar-refractivity contribution in [2.24, 2.45) is 0 Å². The maximum absolute atomic E-state index is 13.9. The Kier molecular flexibility index (Phi) is 6.46. The Morgan fingerprint density at radius 1 is 1.03 bits per heavy atom. The van der Waals surface area contributed by atoms with Crippen molar-refractivity contribution < 1.29 is 39.9 Å². The molecule has 1 fully saturated rings. The maximum atomic E-state index is 13.9. The number of amides is 1. The fraction of sp³-hybridized carbons (Fsp3) is 0.333. The van der Waals surface area contributed by atoms with Gasteiger partial charge in [-0.2, -0.15) is 17.5 Å². The molecular formula is C18H16F5N3O4S. The SMILES string of the molecule is O=C(c1cccnc1OCC(F)(F)F)N1CCN(S(=O)(=O)c2c(F)cccc2F)CC1. The predicted molar refractivity (Wildman–Crippen MR) is 96.8 cm³/mol. The lowest BCUT2D eigenvalue weighted by atomic mass is 10.2. The van der Waals surface area contributed by atoms with Crippen LogP contribution in [-0.4, -0.2) is 67.5 Å². The summed E-state index contributed by atoms with van der Waals surface area (Å²) in [5.41, 5.74) is -0.219. The first-order valence-corrected chi connectivity index (χ1v) is 10.3. The number of carbonyl (C=O) groups is 1. The molecule has 0 spiro atoms. The molecule has 1 aliphatic heterocycles. The molecule has 0 unspecified atom stereocenters. The molecular weight excluding hydrogens is 449 g/mol. The molecule has 0 bridgehead atoms. The average Bonchev–Trinajstić information content (AvgIpc) is 2.71. The van der Waals surface area contributed by atoms with Crippen LogP contribution in [0.5, 0.6) is 5.88 Å². The number of aromatic nitrogens is 1. The smallest absolute Gasteiger partial charge is 0.422 e. The Morgan fingerprint density at radius 3 is 2.23 bits per heavy atom. The average molecular weight is 465 g/mol. The molecule has 3 rings (SSSR count). The second-order valence-electron chi connectivity index (χ2n) is 6.51. The second-order valence-corrected chi connectivity index (χ2v) is 8.38. The van der Waals surface area contributed by atoms with Gasteiger partial charge in [0, 0.05) is 32.4 Å². The summed E-state index contributed by atoms with van der Waals surface area (Å²) in [6.45, 7) is -2.46. The first-order chi connectivity index (χ1) is 14.5. The van der Waals surface area contributed by atoms with Crippen molar-refractivity contribution in [3.8, 4) is 5.88 Å². The quantitative estimate of drug-likeness (QED) is 0.634. The van der Waals surface area contributed by atoms with Crippen molar-refractivity contribution in [3.63, 3.8) is 0 Å². The highest BCUT2D eigenvalue weighted by Gasteiger charge is 2.35. The third kappa shape index (κ3) is 5.10. The Balaban J connectivity index is 1.72. The molecule has 7 nitrogen and oxygen atoms in total. The molecule has 1 aromatic heterocycles. The lowest BCUT2D eigenvalue weighted by Gasteiger charge is -2.34. The van der Waals surface area contributed by atoms with Crippen LogP contribution in [-0.2, 0) is 10.0 Å². The fourth-order valence-electron chi connectivity index (χ4n) is 2.98. The Labute approximate surface area is 174 Å². The standard InChI is InChI=1S/C18H16F5N3O4S/c19-13-4-1-5-14(20)15(13)31(28,29)26-9-7-25(8-10-26)17(27)12-3-2-6-24-16(12)30-11-18(21,22)23/h1-6H,7-11H2. The molecule has 2 aromatic rings. The second kappa shape index (κ2) is 8.75. The van der Waals surface area contributed by atoms with Crippen LogP contribution in [0.3, 0.4) is 0 Å². The van der Waals surface area contributed by atoms with E-state index in [1.54, 1.807) is 0 Å². The molecule has 1 amide bonds. The van der Waals surface area contributed by atoms with Crippen LogP contribution >= 0.6 is 0 Å². The number of halogens is 5. The van der Waals surface area contributed by atoms with Gasteiger partial charge in [0.15, 0.2) is 11.5 Å². The van der Waals surface area contributed by atoms with E-state index in [2.05, 4.69) is 9.72 Å². The third-order valence-electron chi connectivity index (χ3n) is 4.42. The zero-order valence-corrected chi connectivity index (χ0v) is 16.6. The number of hydrogen-bond donors (Lipinski definition) is 0. The van der Waals surface area contributed by atoms with Gasteiger partial charge in [-0.25, -0.2) is 22.2 Å². The zero-order valence-electron chi connectivity index (χ0n) is 15.8. The summed E-state index contributed by atoms with van der Waals surface area (Å²) in [6.07, 6.45) is -3.46. The van der Waals surface area contributed by atoms with Crippen LogP contribution in [0.2, 0.25) is 0 Å². The van der Waals surface area contributed by atoms with Gasteiger partial charge < -0.3 is 9.64 Å². The van der Waals surface area contributed by atoms with Gasteiger partial charge in [-0.05, 0) is 24.3 Å². The number of carbonyl (C=O) groups excluding carboxylic acids is 1. The minimum atomic E-state index is -4.63. The van der Waals surface area contributed by atoms with Crippen molar-refractivity contribution in [1.82, 2.24) is 14.2 Å². The number of alkyl halides is 3. The van der Waals surface area contributed by atoms with Gasteiger partial charge in [0.2, 0.25) is 15.9 Å². The van der Waals surface area contributed by atoms with E-state index in [9.17, 15) is 35.2 Å². The molecule has 0 atom stereocenters. The normalized spacial score (nSPS) is 15.7. The number of piperazine rings is 1. The topological polar surface area (TPSA) is 79.8 Å². The van der Waals surface area contributed by atoms with Crippen molar-refractivity contribution in [3.05, 3.63) is 53.7 Å². The third-order valence-corrected chi connectivity index (χ3v) is 6.37. The summed E-state index contributed by atoms with van der Waals surface area (Å²) in [6, 6.07) is 5.25. The van der Waals surface area contributed by atoms with E-state index in [1.807, 2.05) is 0 Å². The number of nitrogens with zero attached hydrogens (tertiary/aromatic N) is 3. The van der Waals surface area contributed by atoms with Crippen molar-refractivity contribution in [1.29, 1.82) is 0 Å². The van der Waals surface area contributed by atoms with Gasteiger partial charge in [0.25, 0.3) is 5.91 Å². The first-order valence-electron chi connectivity index (χ1n) is 8.89. The molecule has 13 heteroatoms. The number of ether oxygens (including phenoxy) is 1. The zero-order chi connectivity index (χ0) is 22.8. The van der Waals surface area contributed by atoms with Crippen molar-refractivity contribution >= 4 is 15.9 Å². The van der Waals surface area contributed by atoms with Gasteiger partial charge >= 0.3 is 6.18 Å². The molecule has 1 saturated heterocycles. The predicted octanol–water partition coefficient (Wildman–Crippen LogP) is 2.45. The number of pyridine rings is 1. The summed E-state index contributed by atoms with van der Waals surface area (Å²) in [4.78, 5) is 16.5. The van der Waals surface area contributed by atoms with Gasteiger partial charge in [-0.3, -0.25) is 4.79 Å². The van der Waals surface area contributed by atoms with Crippen LogP contribution in [0.1, 0.15) is 10.4 Å². The van der Waals surface area contributed by atoms with Crippen LogP contribution in [0, 0.1) is 11.6 Å². The molecule has 168 valence electrons. The number of hydrogen-bond acceptors (Lipinski definition) is 5. The van der Waals surface area contributed by atoms with E-state index in [0.29, 0.717) is 0 Å². The van der Waals surface area contributed by atoms with Crippen LogP contribution in [0.25, 0.3) is 0 Å². The Bertz CT molecular complexity index is 1050. The summed E-state index contributed by atoms with van der Waals surface area (Å²) in [7, 11) is -4.49. The van der Waals surface area contributed by atoms with E-state index >= 15 is 0 Å². The summed E-state index contributed by atoms with van der Waals surface area (Å²) in [5, 5.41) is 0. The number of rotatable bonds is 5. The van der Waals surface area contributed by atoms with Gasteiger partial charge in [0.05, 0.1) is 0 Å². The minimum Gasteiger partial charge on any atom is -0.467 e. The fourth-order valence-corrected chi connectivity index (χ4v) is 4.51. The molecule has 1 aromatic carbocycles. The molecule has 0 N–H and O–H groups in total. The Morgan fingerprint density at radius 2 is 1.65 bits per heavy atom. The highest BCUT2D eigenvalue weighted by Crippen LogP contribution is 2.25. The van der Waals surface area contributed by atoms with Crippen LogP contribution in [0.4, 0.5) is 22.0 Å². The van der Waals surface area contributed by atoms with E-state index < -0.39 is 51.1 Å². The lowest BCUT2D eigenvalue weighted by Crippen LogP contribution is -2.50. The highest BCUT2D eigenvalue weighted by atomic mass is 32.2. The Hall–Kier alpha value is -2.80. The molecule has 0 saturated carbocycles. The summed E-state index contributed by atoms with van der Waals surface area (Å²) < 4.78 is 95.7.